The van der Waals surface area contributed by atoms with Gasteiger partial charge in [-0.15, -0.1) is 0 Å². The Morgan fingerprint density at radius 1 is 0.932 bits per heavy atom. The van der Waals surface area contributed by atoms with E-state index in [2.05, 4.69) is 22.0 Å². The third-order valence-electron chi connectivity index (χ3n) is 12.1. The summed E-state index contributed by atoms with van der Waals surface area (Å²) in [5, 5.41) is 17.6. The number of carbonyl (C=O) groups is 6. The van der Waals surface area contributed by atoms with Crippen LogP contribution in [0.2, 0.25) is 0 Å². The molecule has 0 radical (unpaired) electrons. The average molecular weight is 846 g/mol. The SMILES string of the molecule is CC.CN(CC(NC(=O)NC(C(=O)N1CCCC1C(=O)NC(CC1CC1)C(=O)C(N)=O)C1(C)CCCCCC1)C(C)(C)C)S(C)=O.O=C(O)N1CCc2ccccc2C1. The molecule has 1 aromatic carbocycles. The molecule has 6 amide bonds. The highest BCUT2D eigenvalue weighted by Gasteiger charge is 2.46. The van der Waals surface area contributed by atoms with E-state index in [-0.39, 0.29) is 23.3 Å². The Hall–Kier alpha value is -4.05. The highest BCUT2D eigenvalue weighted by molar-refractivity contribution is 7.81. The Labute approximate surface area is 353 Å². The van der Waals surface area contributed by atoms with Gasteiger partial charge in [-0.2, -0.15) is 0 Å². The second-order valence-electron chi connectivity index (χ2n) is 17.7. The molecule has 2 heterocycles. The molecule has 0 spiro atoms. The number of amides is 6. The van der Waals surface area contributed by atoms with E-state index in [1.165, 1.54) is 15.4 Å². The van der Waals surface area contributed by atoms with Crippen molar-refractivity contribution >= 4 is 46.6 Å². The monoisotopic (exact) mass is 846 g/mol. The number of likely N-dealkylation sites (tertiary alicyclic amines) is 1. The molecule has 0 aromatic heterocycles. The van der Waals surface area contributed by atoms with E-state index in [1.54, 1.807) is 17.6 Å². The fraction of sp³-hybridized carbons (Fsp3) is 0.721. The van der Waals surface area contributed by atoms with E-state index >= 15 is 0 Å². The summed E-state index contributed by atoms with van der Waals surface area (Å²) >= 11 is 0. The number of nitrogens with two attached hydrogens (primary N) is 1. The summed E-state index contributed by atoms with van der Waals surface area (Å²) in [5.41, 5.74) is 6.80. The number of urea groups is 1. The first-order chi connectivity index (χ1) is 27.8. The Morgan fingerprint density at radius 3 is 2.08 bits per heavy atom. The van der Waals surface area contributed by atoms with Gasteiger partial charge < -0.3 is 36.6 Å². The van der Waals surface area contributed by atoms with Crippen LogP contribution < -0.4 is 21.7 Å². The van der Waals surface area contributed by atoms with Gasteiger partial charge >= 0.3 is 12.1 Å². The van der Waals surface area contributed by atoms with Crippen molar-refractivity contribution < 1.29 is 38.1 Å². The normalized spacial score (nSPS) is 20.7. The summed E-state index contributed by atoms with van der Waals surface area (Å²) in [6.45, 7) is 13.9. The number of primary amides is 1. The minimum absolute atomic E-state index is 0.265. The summed E-state index contributed by atoms with van der Waals surface area (Å²) in [5.74, 6) is -2.44. The van der Waals surface area contributed by atoms with Crippen molar-refractivity contribution in [1.82, 2.24) is 30.1 Å². The number of ketones is 1. The van der Waals surface area contributed by atoms with Crippen molar-refractivity contribution in [3.05, 3.63) is 35.4 Å². The zero-order valence-corrected chi connectivity index (χ0v) is 37.5. The van der Waals surface area contributed by atoms with Crippen LogP contribution >= 0.6 is 0 Å². The van der Waals surface area contributed by atoms with Crippen LogP contribution in [0.1, 0.15) is 123 Å². The molecule has 2 aliphatic heterocycles. The molecule has 2 saturated carbocycles. The van der Waals surface area contributed by atoms with Crippen LogP contribution in [0.15, 0.2) is 24.3 Å². The topological polar surface area (TPSA) is 212 Å². The Bertz CT molecular complexity index is 1640. The first kappa shape index (κ1) is 49.3. The molecule has 1 aromatic rings. The minimum atomic E-state index is -1.22. The molecule has 59 heavy (non-hydrogen) atoms. The lowest BCUT2D eigenvalue weighted by molar-refractivity contribution is -0.144. The number of fused-ring (bicyclic) bond motifs is 1. The van der Waals surface area contributed by atoms with Crippen molar-refractivity contribution in [3.8, 4) is 0 Å². The number of carboxylic acid groups (broad SMARTS) is 1. The fourth-order valence-corrected chi connectivity index (χ4v) is 8.43. The Kier molecular flexibility index (Phi) is 18.8. The second-order valence-corrected chi connectivity index (χ2v) is 19.1. The van der Waals surface area contributed by atoms with Gasteiger partial charge in [0.15, 0.2) is 0 Å². The molecular weight excluding hydrogens is 775 g/mol. The summed E-state index contributed by atoms with van der Waals surface area (Å²) in [6, 6.07) is 4.46. The van der Waals surface area contributed by atoms with Crippen LogP contribution in [0.25, 0.3) is 0 Å². The van der Waals surface area contributed by atoms with E-state index in [1.807, 2.05) is 59.7 Å². The number of likely N-dealkylation sites (N-methyl/N-ethyl adjacent to an activating group) is 1. The second kappa shape index (κ2) is 22.5. The smallest absolute Gasteiger partial charge is 0.407 e. The van der Waals surface area contributed by atoms with E-state index in [9.17, 15) is 33.0 Å². The van der Waals surface area contributed by atoms with Gasteiger partial charge in [0.2, 0.25) is 17.6 Å². The lowest BCUT2D eigenvalue weighted by Gasteiger charge is -2.40. The standard InChI is InChI=1S/C31H54N6O6S.C10H11NO2.C2H6/c1-30(2,3)23(19-36(5)44(6)43)34-29(42)35-25(31(4)15-9-7-8-10-16-31)28(41)37-17-11-12-22(37)27(40)33-21(18-20-13-14-20)24(38)26(32)39;12-10(13)11-6-5-8-3-1-2-4-9(8)7-11;1-2/h20-23,25H,7-19H2,1-6H3,(H2,32,39)(H,33,40)(H2,34,35,42);1-4H,5-7H2,(H,12,13);1-2H3. The number of Topliss-reactive ketones (excluding diaryl/α,β-unsaturated/α-hetero) is 1. The average Bonchev–Trinajstić information content (AvgIpc) is 3.93. The number of hydrogen-bond donors (Lipinski definition) is 5. The molecule has 5 atom stereocenters. The number of carbonyl (C=O) groups excluding carboxylic acids is 5. The maximum Gasteiger partial charge on any atom is 0.407 e. The number of nitrogens with one attached hydrogen (secondary N) is 3. The van der Waals surface area contributed by atoms with Gasteiger partial charge in [0.25, 0.3) is 5.91 Å². The van der Waals surface area contributed by atoms with E-state index in [4.69, 9.17) is 10.8 Å². The van der Waals surface area contributed by atoms with Gasteiger partial charge in [0.1, 0.15) is 12.1 Å². The third kappa shape index (κ3) is 14.6. The molecular formula is C43H71N7O8S. The first-order valence-corrected chi connectivity index (χ1v) is 22.9. The molecule has 5 unspecified atom stereocenters. The van der Waals surface area contributed by atoms with Gasteiger partial charge in [-0.25, -0.2) is 18.1 Å². The maximum absolute atomic E-state index is 14.4. The quantitative estimate of drug-likeness (QED) is 0.138. The van der Waals surface area contributed by atoms with Crippen LogP contribution in [0.5, 0.6) is 0 Å². The van der Waals surface area contributed by atoms with Crippen molar-refractivity contribution in [2.45, 2.75) is 149 Å². The number of benzene rings is 1. The van der Waals surface area contributed by atoms with Gasteiger partial charge in [-0.05, 0) is 73.4 Å². The fourth-order valence-electron chi connectivity index (χ4n) is 8.07. The number of hydrogen-bond acceptors (Lipinski definition) is 7. The molecule has 6 N–H and O–H groups in total. The molecule has 1 saturated heterocycles. The third-order valence-corrected chi connectivity index (χ3v) is 13.1. The number of nitrogens with zero attached hydrogens (tertiary/aromatic N) is 3. The van der Waals surface area contributed by atoms with Gasteiger partial charge in [-0.1, -0.05) is 104 Å². The predicted molar refractivity (Wildman–Crippen MR) is 229 cm³/mol. The highest BCUT2D eigenvalue weighted by Crippen LogP contribution is 2.39. The van der Waals surface area contributed by atoms with Crippen LogP contribution in [-0.4, -0.2) is 116 Å². The molecule has 15 nitrogen and oxygen atoms in total. The van der Waals surface area contributed by atoms with E-state index in [0.29, 0.717) is 45.4 Å². The zero-order valence-electron chi connectivity index (χ0n) is 36.6. The highest BCUT2D eigenvalue weighted by atomic mass is 32.2. The largest absolute Gasteiger partial charge is 0.465 e. The van der Waals surface area contributed by atoms with Crippen molar-refractivity contribution in [1.29, 1.82) is 0 Å². The van der Waals surface area contributed by atoms with Crippen molar-refractivity contribution in [3.63, 3.8) is 0 Å². The molecule has 3 fully saturated rings. The molecule has 4 aliphatic rings. The van der Waals surface area contributed by atoms with Crippen molar-refractivity contribution in [2.75, 3.05) is 32.9 Å². The van der Waals surface area contributed by atoms with E-state index in [0.717, 1.165) is 63.4 Å². The van der Waals surface area contributed by atoms with Crippen molar-refractivity contribution in [2.24, 2.45) is 22.5 Å². The lowest BCUT2D eigenvalue weighted by atomic mass is 9.75. The molecule has 332 valence electrons. The number of rotatable bonds is 13. The van der Waals surface area contributed by atoms with Crippen LogP contribution in [0.3, 0.4) is 0 Å². The first-order valence-electron chi connectivity index (χ1n) is 21.4. The minimum Gasteiger partial charge on any atom is -0.465 e. The van der Waals surface area contributed by atoms with Crippen LogP contribution in [0, 0.1) is 16.7 Å². The Morgan fingerprint density at radius 2 is 1.54 bits per heavy atom. The summed E-state index contributed by atoms with van der Waals surface area (Å²) in [6.07, 6.45) is 10.3. The van der Waals surface area contributed by atoms with Crippen LogP contribution in [-0.2, 0) is 43.1 Å². The maximum atomic E-state index is 14.4. The van der Waals surface area contributed by atoms with Crippen LogP contribution in [0.4, 0.5) is 9.59 Å². The van der Waals surface area contributed by atoms with Gasteiger partial charge in [0.05, 0.1) is 17.0 Å². The lowest BCUT2D eigenvalue weighted by Crippen LogP contribution is -2.62. The predicted octanol–water partition coefficient (Wildman–Crippen LogP) is 4.73. The van der Waals surface area contributed by atoms with Gasteiger partial charge in [0, 0.05) is 38.5 Å². The summed E-state index contributed by atoms with van der Waals surface area (Å²) < 4.78 is 13.7. The summed E-state index contributed by atoms with van der Waals surface area (Å²) in [7, 11) is 0.519. The molecule has 5 rings (SSSR count). The summed E-state index contributed by atoms with van der Waals surface area (Å²) in [4.78, 5) is 79.4. The Balaban J connectivity index is 0.000000517. The zero-order chi connectivity index (χ0) is 44.1. The van der Waals surface area contributed by atoms with Gasteiger partial charge in [-0.3, -0.25) is 19.2 Å². The van der Waals surface area contributed by atoms with E-state index < -0.39 is 64.2 Å². The molecule has 0 bridgehead atoms. The molecule has 16 heteroatoms. The molecule has 2 aliphatic carbocycles.